The van der Waals surface area contributed by atoms with Crippen molar-refractivity contribution in [3.05, 3.63) is 0 Å². The van der Waals surface area contributed by atoms with E-state index in [1.807, 2.05) is 4.90 Å². The number of amides is 1. The quantitative estimate of drug-likeness (QED) is 0.260. The number of hydrogen-bond donors (Lipinski definition) is 2. The molecule has 1 amide bonds. The Bertz CT molecular complexity index is 358. The van der Waals surface area contributed by atoms with Crippen molar-refractivity contribution in [2.45, 2.75) is 51.9 Å². The second-order valence-corrected chi connectivity index (χ2v) is 6.11. The lowest BCUT2D eigenvalue weighted by molar-refractivity contribution is -0.127. The molecule has 2 aliphatic rings. The van der Waals surface area contributed by atoms with Crippen LogP contribution in [0.1, 0.15) is 51.9 Å². The molecule has 22 heavy (non-hydrogen) atoms. The van der Waals surface area contributed by atoms with Gasteiger partial charge in [-0.3, -0.25) is 9.79 Å². The maximum Gasteiger partial charge on any atom is 0.222 e. The highest BCUT2D eigenvalue weighted by Crippen LogP contribution is 2.33. The SMILES string of the molecule is CCNC(=NCCCN1CCCC1=O)NCCCC1CC1.I. The Morgan fingerprint density at radius 3 is 2.77 bits per heavy atom. The van der Waals surface area contributed by atoms with E-state index in [9.17, 15) is 4.79 Å². The summed E-state index contributed by atoms with van der Waals surface area (Å²) in [7, 11) is 0. The summed E-state index contributed by atoms with van der Waals surface area (Å²) < 4.78 is 0. The summed E-state index contributed by atoms with van der Waals surface area (Å²) >= 11 is 0. The summed E-state index contributed by atoms with van der Waals surface area (Å²) in [4.78, 5) is 18.1. The normalized spacial score (nSPS) is 18.3. The minimum atomic E-state index is 0. The maximum atomic E-state index is 11.5. The summed E-state index contributed by atoms with van der Waals surface area (Å²) in [5, 5.41) is 6.68. The van der Waals surface area contributed by atoms with Gasteiger partial charge in [0.1, 0.15) is 0 Å². The molecule has 0 aromatic heterocycles. The first-order valence-electron chi connectivity index (χ1n) is 8.59. The van der Waals surface area contributed by atoms with Gasteiger partial charge in [-0.2, -0.15) is 0 Å². The van der Waals surface area contributed by atoms with E-state index in [0.29, 0.717) is 5.91 Å². The second kappa shape index (κ2) is 11.1. The van der Waals surface area contributed by atoms with E-state index in [1.165, 1.54) is 25.7 Å². The zero-order valence-corrected chi connectivity index (χ0v) is 16.1. The third-order valence-corrected chi connectivity index (χ3v) is 4.15. The van der Waals surface area contributed by atoms with Crippen molar-refractivity contribution in [1.29, 1.82) is 0 Å². The highest BCUT2D eigenvalue weighted by molar-refractivity contribution is 14.0. The Morgan fingerprint density at radius 1 is 1.32 bits per heavy atom. The first kappa shape index (κ1) is 19.5. The van der Waals surface area contributed by atoms with E-state index in [0.717, 1.165) is 63.9 Å². The summed E-state index contributed by atoms with van der Waals surface area (Å²) in [6.45, 7) is 6.55. The van der Waals surface area contributed by atoms with Crippen molar-refractivity contribution in [3.63, 3.8) is 0 Å². The van der Waals surface area contributed by atoms with Crippen LogP contribution in [0.15, 0.2) is 4.99 Å². The predicted molar refractivity (Wildman–Crippen MR) is 102 cm³/mol. The zero-order valence-electron chi connectivity index (χ0n) is 13.8. The number of nitrogens with one attached hydrogen (secondary N) is 2. The Morgan fingerprint density at radius 2 is 2.14 bits per heavy atom. The van der Waals surface area contributed by atoms with Crippen LogP contribution in [0, 0.1) is 5.92 Å². The van der Waals surface area contributed by atoms with Gasteiger partial charge >= 0.3 is 0 Å². The molecule has 0 aromatic rings. The second-order valence-electron chi connectivity index (χ2n) is 6.11. The largest absolute Gasteiger partial charge is 0.357 e. The van der Waals surface area contributed by atoms with E-state index < -0.39 is 0 Å². The third kappa shape index (κ3) is 7.65. The van der Waals surface area contributed by atoms with Crippen molar-refractivity contribution in [2.75, 3.05) is 32.7 Å². The lowest BCUT2D eigenvalue weighted by atomic mass is 10.2. The van der Waals surface area contributed by atoms with E-state index >= 15 is 0 Å². The van der Waals surface area contributed by atoms with E-state index in [4.69, 9.17) is 0 Å². The number of carbonyl (C=O) groups is 1. The van der Waals surface area contributed by atoms with Crippen molar-refractivity contribution in [3.8, 4) is 0 Å². The lowest BCUT2D eigenvalue weighted by Crippen LogP contribution is -2.38. The zero-order chi connectivity index (χ0) is 14.9. The molecule has 0 aromatic carbocycles. The van der Waals surface area contributed by atoms with Crippen molar-refractivity contribution in [2.24, 2.45) is 10.9 Å². The summed E-state index contributed by atoms with van der Waals surface area (Å²) in [6, 6.07) is 0. The molecule has 2 rings (SSSR count). The van der Waals surface area contributed by atoms with Crippen LogP contribution < -0.4 is 10.6 Å². The Hall–Kier alpha value is -0.530. The molecular formula is C16H31IN4O. The van der Waals surface area contributed by atoms with E-state index in [1.54, 1.807) is 0 Å². The van der Waals surface area contributed by atoms with Crippen LogP contribution in [0.2, 0.25) is 0 Å². The minimum Gasteiger partial charge on any atom is -0.357 e. The molecule has 6 heteroatoms. The van der Waals surface area contributed by atoms with Crippen molar-refractivity contribution >= 4 is 35.8 Å². The molecule has 128 valence electrons. The summed E-state index contributed by atoms with van der Waals surface area (Å²) in [6.07, 6.45) is 8.15. The number of halogens is 1. The Kier molecular flexibility index (Phi) is 9.82. The number of rotatable bonds is 9. The molecule has 0 unspecified atom stereocenters. The molecule has 1 aliphatic heterocycles. The molecule has 0 radical (unpaired) electrons. The Labute approximate surface area is 151 Å². The van der Waals surface area contributed by atoms with Gasteiger partial charge in [0, 0.05) is 39.1 Å². The smallest absolute Gasteiger partial charge is 0.222 e. The molecule has 0 spiro atoms. The number of aliphatic imine (C=N–C) groups is 1. The molecule has 2 N–H and O–H groups in total. The van der Waals surface area contributed by atoms with Crippen LogP contribution >= 0.6 is 24.0 Å². The summed E-state index contributed by atoms with van der Waals surface area (Å²) in [5.74, 6) is 2.23. The predicted octanol–water partition coefficient (Wildman–Crippen LogP) is 2.36. The van der Waals surface area contributed by atoms with Gasteiger partial charge in [-0.1, -0.05) is 12.8 Å². The average molecular weight is 422 g/mol. The number of hydrogen-bond acceptors (Lipinski definition) is 2. The van der Waals surface area contributed by atoms with Gasteiger partial charge in [0.2, 0.25) is 5.91 Å². The lowest BCUT2D eigenvalue weighted by Gasteiger charge is -2.15. The number of guanidine groups is 1. The first-order valence-corrected chi connectivity index (χ1v) is 8.59. The van der Waals surface area contributed by atoms with E-state index in [2.05, 4.69) is 22.5 Å². The highest BCUT2D eigenvalue weighted by atomic mass is 127. The average Bonchev–Trinajstić information content (AvgIpc) is 3.21. The van der Waals surface area contributed by atoms with Gasteiger partial charge in [-0.05, 0) is 38.5 Å². The van der Waals surface area contributed by atoms with Crippen LogP contribution in [0.4, 0.5) is 0 Å². The monoisotopic (exact) mass is 422 g/mol. The van der Waals surface area contributed by atoms with Crippen molar-refractivity contribution < 1.29 is 4.79 Å². The van der Waals surface area contributed by atoms with Crippen LogP contribution in [-0.2, 0) is 4.79 Å². The molecule has 1 aliphatic carbocycles. The summed E-state index contributed by atoms with van der Waals surface area (Å²) in [5.41, 5.74) is 0. The highest BCUT2D eigenvalue weighted by Gasteiger charge is 2.20. The first-order chi connectivity index (χ1) is 10.3. The van der Waals surface area contributed by atoms with Gasteiger partial charge in [-0.25, -0.2) is 0 Å². The van der Waals surface area contributed by atoms with E-state index in [-0.39, 0.29) is 24.0 Å². The fourth-order valence-electron chi connectivity index (χ4n) is 2.74. The van der Waals surface area contributed by atoms with Crippen LogP contribution in [0.3, 0.4) is 0 Å². The Balaban J connectivity index is 0.00000242. The molecule has 5 nitrogen and oxygen atoms in total. The number of likely N-dealkylation sites (tertiary alicyclic amines) is 1. The fraction of sp³-hybridized carbons (Fsp3) is 0.875. The fourth-order valence-corrected chi connectivity index (χ4v) is 2.74. The van der Waals surface area contributed by atoms with Crippen LogP contribution in [0.25, 0.3) is 0 Å². The van der Waals surface area contributed by atoms with Gasteiger partial charge in [0.15, 0.2) is 5.96 Å². The molecule has 1 saturated carbocycles. The van der Waals surface area contributed by atoms with Gasteiger partial charge in [0.05, 0.1) is 0 Å². The topological polar surface area (TPSA) is 56.7 Å². The maximum absolute atomic E-state index is 11.5. The van der Waals surface area contributed by atoms with Crippen LogP contribution in [0.5, 0.6) is 0 Å². The standard InChI is InChI=1S/C16H30N4O.HI/c1-2-17-16(18-10-3-6-14-8-9-14)19-11-5-13-20-12-4-7-15(20)21;/h14H,2-13H2,1H3,(H2,17,18,19);1H. The molecular weight excluding hydrogens is 391 g/mol. The van der Waals surface area contributed by atoms with Gasteiger partial charge in [-0.15, -0.1) is 24.0 Å². The molecule has 0 bridgehead atoms. The molecule has 1 saturated heterocycles. The molecule has 1 heterocycles. The van der Waals surface area contributed by atoms with Crippen molar-refractivity contribution in [1.82, 2.24) is 15.5 Å². The number of carbonyl (C=O) groups excluding carboxylic acids is 1. The van der Waals surface area contributed by atoms with Crippen LogP contribution in [-0.4, -0.2) is 49.5 Å². The minimum absolute atomic E-state index is 0. The number of nitrogens with zero attached hydrogens (tertiary/aromatic N) is 2. The molecule has 0 atom stereocenters. The molecule has 2 fully saturated rings. The van der Waals surface area contributed by atoms with Gasteiger partial charge < -0.3 is 15.5 Å². The van der Waals surface area contributed by atoms with Gasteiger partial charge in [0.25, 0.3) is 0 Å². The third-order valence-electron chi connectivity index (χ3n) is 4.15.